The van der Waals surface area contributed by atoms with Crippen molar-refractivity contribution < 1.29 is 18.3 Å². The maximum absolute atomic E-state index is 12.9. The Balaban J connectivity index is 1.90. The molecule has 0 saturated heterocycles. The lowest BCUT2D eigenvalue weighted by Gasteiger charge is -2.41. The number of nitrogens with zero attached hydrogens (tertiary/aromatic N) is 1. The fraction of sp³-hybridized carbons (Fsp3) is 0.500. The Kier molecular flexibility index (Phi) is 3.03. The van der Waals surface area contributed by atoms with E-state index in [1.54, 1.807) is 6.21 Å². The monoisotopic (exact) mass is 347 g/mol. The molecule has 0 bridgehead atoms. The number of halogens is 4. The minimum atomic E-state index is -4.57. The zero-order chi connectivity index (χ0) is 14.6. The number of alkyl halides is 3. The summed E-state index contributed by atoms with van der Waals surface area (Å²) in [6, 6.07) is 5.64. The van der Waals surface area contributed by atoms with Crippen LogP contribution in [0.3, 0.4) is 0 Å². The Morgan fingerprint density at radius 3 is 2.40 bits per heavy atom. The summed E-state index contributed by atoms with van der Waals surface area (Å²) in [5.74, 6) is 0. The molecule has 6 heteroatoms. The standard InChI is InChI=1S/C14H13BrF3NO/c15-9-1-2-11-10(7-9)12(8-19-11)3-5-13(20,6-4-12)14(16,17)18/h1-2,7-8,20H,3-6H2. The number of fused-ring (bicyclic) bond motifs is 2. The summed E-state index contributed by atoms with van der Waals surface area (Å²) in [6.07, 6.45) is -2.86. The molecule has 0 atom stereocenters. The number of aliphatic hydroxyl groups is 1. The van der Waals surface area contributed by atoms with Gasteiger partial charge in [-0.2, -0.15) is 13.2 Å². The van der Waals surface area contributed by atoms with Crippen molar-refractivity contribution in [3.8, 4) is 0 Å². The highest BCUT2D eigenvalue weighted by Gasteiger charge is 2.57. The van der Waals surface area contributed by atoms with E-state index in [9.17, 15) is 18.3 Å². The Morgan fingerprint density at radius 2 is 1.80 bits per heavy atom. The van der Waals surface area contributed by atoms with Crippen LogP contribution in [0, 0.1) is 0 Å². The highest BCUT2D eigenvalue weighted by atomic mass is 79.9. The summed E-state index contributed by atoms with van der Waals surface area (Å²) >= 11 is 3.38. The molecule has 20 heavy (non-hydrogen) atoms. The van der Waals surface area contributed by atoms with Crippen molar-refractivity contribution >= 4 is 27.8 Å². The smallest absolute Gasteiger partial charge is 0.380 e. The highest BCUT2D eigenvalue weighted by Crippen LogP contribution is 2.52. The van der Waals surface area contributed by atoms with Crippen molar-refractivity contribution in [2.24, 2.45) is 4.99 Å². The Labute approximate surface area is 122 Å². The fourth-order valence-corrected chi connectivity index (χ4v) is 3.43. The van der Waals surface area contributed by atoms with Gasteiger partial charge in [-0.05, 0) is 49.4 Å². The molecule has 108 valence electrons. The van der Waals surface area contributed by atoms with Gasteiger partial charge in [0.05, 0.1) is 5.69 Å². The molecule has 1 N–H and O–H groups in total. The fourth-order valence-electron chi connectivity index (χ4n) is 3.07. The number of hydrogen-bond donors (Lipinski definition) is 1. The Hall–Kier alpha value is -0.880. The van der Waals surface area contributed by atoms with Crippen LogP contribution < -0.4 is 0 Å². The molecular formula is C14H13BrF3NO. The second kappa shape index (κ2) is 4.31. The second-order valence-corrected chi connectivity index (χ2v) is 6.52. The molecule has 2 nitrogen and oxygen atoms in total. The quantitative estimate of drug-likeness (QED) is 0.746. The first-order valence-corrected chi connectivity index (χ1v) is 7.20. The SMILES string of the molecule is OC1(C(F)(F)F)CCC2(C=Nc3ccc(Br)cc32)CC1. The molecule has 1 aromatic rings. The van der Waals surface area contributed by atoms with Gasteiger partial charge in [-0.1, -0.05) is 15.9 Å². The van der Waals surface area contributed by atoms with Crippen LogP contribution in [0.25, 0.3) is 0 Å². The lowest BCUT2D eigenvalue weighted by molar-refractivity contribution is -0.271. The maximum atomic E-state index is 12.9. The van der Waals surface area contributed by atoms with Crippen molar-refractivity contribution in [3.63, 3.8) is 0 Å². The summed E-state index contributed by atoms with van der Waals surface area (Å²) in [7, 11) is 0. The Bertz CT molecular complexity index is 574. The Morgan fingerprint density at radius 1 is 1.15 bits per heavy atom. The third kappa shape index (κ3) is 2.00. The molecule has 1 fully saturated rings. The predicted octanol–water partition coefficient (Wildman–Crippen LogP) is 4.27. The molecule has 1 aliphatic heterocycles. The molecule has 0 unspecified atom stereocenters. The largest absolute Gasteiger partial charge is 0.417 e. The van der Waals surface area contributed by atoms with Gasteiger partial charge < -0.3 is 5.11 Å². The second-order valence-electron chi connectivity index (χ2n) is 5.61. The maximum Gasteiger partial charge on any atom is 0.417 e. The predicted molar refractivity (Wildman–Crippen MR) is 73.4 cm³/mol. The minimum Gasteiger partial charge on any atom is -0.380 e. The van der Waals surface area contributed by atoms with Crippen LogP contribution in [0.15, 0.2) is 27.7 Å². The van der Waals surface area contributed by atoms with Crippen molar-refractivity contribution in [2.75, 3.05) is 0 Å². The molecule has 1 spiro atoms. The topological polar surface area (TPSA) is 32.6 Å². The molecule has 0 radical (unpaired) electrons. The zero-order valence-corrected chi connectivity index (χ0v) is 12.1. The van der Waals surface area contributed by atoms with Gasteiger partial charge in [0.25, 0.3) is 0 Å². The first-order valence-electron chi connectivity index (χ1n) is 6.40. The van der Waals surface area contributed by atoms with E-state index in [1.807, 2.05) is 18.2 Å². The van der Waals surface area contributed by atoms with Gasteiger partial charge in [0.2, 0.25) is 0 Å². The summed E-state index contributed by atoms with van der Waals surface area (Å²) in [4.78, 5) is 4.32. The normalized spacial score (nSPS) is 32.6. The minimum absolute atomic E-state index is 0.260. The van der Waals surface area contributed by atoms with E-state index in [1.165, 1.54) is 0 Å². The van der Waals surface area contributed by atoms with Crippen LogP contribution in [0.4, 0.5) is 18.9 Å². The summed E-state index contributed by atoms with van der Waals surface area (Å²) in [5.41, 5.74) is -1.25. The lowest BCUT2D eigenvalue weighted by atomic mass is 9.66. The van der Waals surface area contributed by atoms with Gasteiger partial charge in [0.1, 0.15) is 0 Å². The van der Waals surface area contributed by atoms with E-state index in [0.29, 0.717) is 0 Å². The molecule has 1 aromatic carbocycles. The van der Waals surface area contributed by atoms with Crippen molar-refractivity contribution in [2.45, 2.75) is 42.9 Å². The van der Waals surface area contributed by atoms with Crippen LogP contribution in [0.1, 0.15) is 31.2 Å². The number of hydrogen-bond acceptors (Lipinski definition) is 2. The first-order chi connectivity index (χ1) is 9.26. The van der Waals surface area contributed by atoms with E-state index in [4.69, 9.17) is 0 Å². The molecule has 2 aliphatic rings. The van der Waals surface area contributed by atoms with Gasteiger partial charge in [0.15, 0.2) is 5.60 Å². The third-order valence-electron chi connectivity index (χ3n) is 4.44. The highest BCUT2D eigenvalue weighted by molar-refractivity contribution is 9.10. The van der Waals surface area contributed by atoms with E-state index >= 15 is 0 Å². The molecule has 0 aromatic heterocycles. The van der Waals surface area contributed by atoms with Crippen molar-refractivity contribution in [1.82, 2.24) is 0 Å². The number of benzene rings is 1. The summed E-state index contributed by atoms with van der Waals surface area (Å²) < 4.78 is 39.5. The van der Waals surface area contributed by atoms with Crippen LogP contribution in [-0.2, 0) is 5.41 Å². The van der Waals surface area contributed by atoms with Crippen LogP contribution in [0.5, 0.6) is 0 Å². The number of rotatable bonds is 0. The summed E-state index contributed by atoms with van der Waals surface area (Å²) in [6.45, 7) is 0. The zero-order valence-electron chi connectivity index (χ0n) is 10.5. The summed E-state index contributed by atoms with van der Waals surface area (Å²) in [5, 5.41) is 9.78. The van der Waals surface area contributed by atoms with E-state index in [0.717, 1.165) is 15.7 Å². The molecule has 1 heterocycles. The first kappa shape index (κ1) is 14.1. The van der Waals surface area contributed by atoms with E-state index in [-0.39, 0.29) is 25.7 Å². The lowest BCUT2D eigenvalue weighted by Crippen LogP contribution is -2.50. The van der Waals surface area contributed by atoms with Crippen LogP contribution in [-0.4, -0.2) is 23.1 Å². The van der Waals surface area contributed by atoms with Crippen molar-refractivity contribution in [1.29, 1.82) is 0 Å². The van der Waals surface area contributed by atoms with Gasteiger partial charge in [0, 0.05) is 16.1 Å². The van der Waals surface area contributed by atoms with E-state index < -0.39 is 17.2 Å². The molecule has 1 aliphatic carbocycles. The molecule has 3 rings (SSSR count). The third-order valence-corrected chi connectivity index (χ3v) is 4.94. The average Bonchev–Trinajstić information content (AvgIpc) is 2.71. The average molecular weight is 348 g/mol. The van der Waals surface area contributed by atoms with Crippen LogP contribution >= 0.6 is 15.9 Å². The number of aliphatic imine (C=N–C) groups is 1. The van der Waals surface area contributed by atoms with Crippen molar-refractivity contribution in [3.05, 3.63) is 28.2 Å². The molecule has 1 saturated carbocycles. The van der Waals surface area contributed by atoms with Gasteiger partial charge in [-0.15, -0.1) is 0 Å². The van der Waals surface area contributed by atoms with Gasteiger partial charge >= 0.3 is 6.18 Å². The van der Waals surface area contributed by atoms with Crippen LogP contribution in [0.2, 0.25) is 0 Å². The van der Waals surface area contributed by atoms with Gasteiger partial charge in [-0.3, -0.25) is 4.99 Å². The van der Waals surface area contributed by atoms with E-state index in [2.05, 4.69) is 20.9 Å². The van der Waals surface area contributed by atoms with Gasteiger partial charge in [-0.25, -0.2) is 0 Å². The molecular weight excluding hydrogens is 335 g/mol. The molecule has 0 amide bonds.